The van der Waals surface area contributed by atoms with Crippen LogP contribution in [-0.2, 0) is 10.9 Å². The highest BCUT2D eigenvalue weighted by Gasteiger charge is 2.38. The monoisotopic (exact) mass is 442 g/mol. The lowest BCUT2D eigenvalue weighted by Gasteiger charge is -2.23. The molecule has 0 amide bonds. The van der Waals surface area contributed by atoms with Gasteiger partial charge in [-0.3, -0.25) is 14.9 Å². The Morgan fingerprint density at radius 3 is 2.57 bits per heavy atom. The van der Waals surface area contributed by atoms with Gasteiger partial charge >= 0.3 is 6.18 Å². The van der Waals surface area contributed by atoms with E-state index in [4.69, 9.17) is 4.74 Å². The number of hydrogen-bond acceptors (Lipinski definition) is 7. The van der Waals surface area contributed by atoms with E-state index in [1.165, 1.54) is 0 Å². The number of alkyl halides is 3. The second kappa shape index (κ2) is 9.41. The summed E-state index contributed by atoms with van der Waals surface area (Å²) in [7, 11) is 3.75. The highest BCUT2D eigenvalue weighted by molar-refractivity contribution is 7.20. The molecule has 1 fully saturated rings. The number of hydrazone groups is 1. The molecule has 0 aliphatic carbocycles. The molecule has 2 N–H and O–H groups in total. The van der Waals surface area contributed by atoms with Crippen LogP contribution in [-0.4, -0.2) is 66.4 Å². The van der Waals surface area contributed by atoms with Crippen LogP contribution in [0.2, 0.25) is 0 Å². The Bertz CT molecular complexity index is 1030. The Morgan fingerprint density at radius 1 is 1.27 bits per heavy atom. The SMILES string of the molecule is CNC.O=c1c(/C=N/N2CCOCC2)c(C(F)(F)F)[nH]n1-c1nc2ccccc2s1. The van der Waals surface area contributed by atoms with Crippen LogP contribution in [0.4, 0.5) is 13.2 Å². The Morgan fingerprint density at radius 2 is 1.93 bits per heavy atom. The third-order valence-electron chi connectivity index (χ3n) is 4.02. The molecular weight excluding hydrogens is 421 g/mol. The van der Waals surface area contributed by atoms with Crippen LogP contribution in [0, 0.1) is 0 Å². The zero-order valence-corrected chi connectivity index (χ0v) is 17.2. The molecule has 8 nitrogen and oxygen atoms in total. The molecule has 1 aliphatic rings. The third-order valence-corrected chi connectivity index (χ3v) is 5.04. The van der Waals surface area contributed by atoms with Gasteiger partial charge in [-0.25, -0.2) is 4.98 Å². The number of thiazole rings is 1. The standard InChI is InChI=1S/C16H14F3N5O2S.C2H7N/c17-16(18,19)13-10(9-20-23-5-7-26-8-6-23)14(25)24(22-13)15-21-11-3-1-2-4-12(11)27-15;1-3-2/h1-4,9,22H,5-8H2;3H,1-2H3/b20-9+;. The molecule has 3 heterocycles. The number of hydrogen-bond donors (Lipinski definition) is 2. The lowest BCUT2D eigenvalue weighted by Crippen LogP contribution is -2.32. The van der Waals surface area contributed by atoms with Crippen molar-refractivity contribution in [1.82, 2.24) is 25.1 Å². The molecule has 1 saturated heterocycles. The first-order valence-corrected chi connectivity index (χ1v) is 9.90. The van der Waals surface area contributed by atoms with Crippen molar-refractivity contribution >= 4 is 27.8 Å². The number of fused-ring (bicyclic) bond motifs is 1. The molecule has 1 aliphatic heterocycles. The number of aromatic amines is 1. The van der Waals surface area contributed by atoms with Gasteiger partial charge in [0.1, 0.15) is 0 Å². The summed E-state index contributed by atoms with van der Waals surface area (Å²) >= 11 is 1.13. The molecule has 1 aromatic carbocycles. The lowest BCUT2D eigenvalue weighted by atomic mass is 10.2. The van der Waals surface area contributed by atoms with E-state index in [-0.39, 0.29) is 5.13 Å². The first-order valence-electron chi connectivity index (χ1n) is 9.08. The van der Waals surface area contributed by atoms with E-state index in [0.29, 0.717) is 31.8 Å². The Balaban J connectivity index is 0.000000806. The van der Waals surface area contributed by atoms with Crippen LogP contribution in [0.1, 0.15) is 11.3 Å². The molecule has 0 bridgehead atoms. The molecule has 12 heteroatoms. The fourth-order valence-electron chi connectivity index (χ4n) is 2.68. The van der Waals surface area contributed by atoms with Crippen molar-refractivity contribution in [2.45, 2.75) is 6.18 Å². The third kappa shape index (κ3) is 4.89. The van der Waals surface area contributed by atoms with Crippen molar-refractivity contribution in [2.75, 3.05) is 40.4 Å². The summed E-state index contributed by atoms with van der Waals surface area (Å²) in [6.07, 6.45) is -3.77. The molecule has 0 unspecified atom stereocenters. The molecule has 0 saturated carbocycles. The van der Waals surface area contributed by atoms with Crippen LogP contribution in [0.5, 0.6) is 0 Å². The molecule has 0 atom stereocenters. The second-order valence-electron chi connectivity index (χ2n) is 6.31. The van der Waals surface area contributed by atoms with Crippen molar-refractivity contribution in [2.24, 2.45) is 5.10 Å². The fourth-order valence-corrected chi connectivity index (χ4v) is 3.61. The average Bonchev–Trinajstić information content (AvgIpc) is 3.28. The van der Waals surface area contributed by atoms with Gasteiger partial charge in [0.25, 0.3) is 5.56 Å². The summed E-state index contributed by atoms with van der Waals surface area (Å²) in [5.74, 6) is 0. The summed E-state index contributed by atoms with van der Waals surface area (Å²) in [6, 6.07) is 7.08. The van der Waals surface area contributed by atoms with Crippen LogP contribution in [0.15, 0.2) is 34.2 Å². The van der Waals surface area contributed by atoms with Crippen LogP contribution in [0.25, 0.3) is 15.3 Å². The topological polar surface area (TPSA) is 87.5 Å². The van der Waals surface area contributed by atoms with Crippen LogP contribution in [0.3, 0.4) is 0 Å². The van der Waals surface area contributed by atoms with Crippen molar-refractivity contribution in [3.63, 3.8) is 0 Å². The minimum atomic E-state index is -4.73. The second-order valence-corrected chi connectivity index (χ2v) is 7.32. The molecule has 2 aromatic heterocycles. The van der Waals surface area contributed by atoms with E-state index in [1.54, 1.807) is 29.3 Å². The number of para-hydroxylation sites is 1. The highest BCUT2D eigenvalue weighted by Crippen LogP contribution is 2.30. The van der Waals surface area contributed by atoms with Gasteiger partial charge in [0, 0.05) is 0 Å². The molecule has 162 valence electrons. The van der Waals surface area contributed by atoms with Gasteiger partial charge in [0.15, 0.2) is 5.69 Å². The largest absolute Gasteiger partial charge is 0.433 e. The van der Waals surface area contributed by atoms with E-state index < -0.39 is 23.0 Å². The maximum absolute atomic E-state index is 13.4. The quantitative estimate of drug-likeness (QED) is 0.608. The summed E-state index contributed by atoms with van der Waals surface area (Å²) in [5.41, 5.74) is -1.94. The number of morpholine rings is 1. The van der Waals surface area contributed by atoms with Gasteiger partial charge in [-0.1, -0.05) is 23.5 Å². The number of benzene rings is 1. The lowest BCUT2D eigenvalue weighted by molar-refractivity contribution is -0.141. The minimum Gasteiger partial charge on any atom is -0.378 e. The molecule has 4 rings (SSSR count). The van der Waals surface area contributed by atoms with Crippen LogP contribution < -0.4 is 10.9 Å². The number of nitrogens with one attached hydrogen (secondary N) is 2. The molecule has 30 heavy (non-hydrogen) atoms. The summed E-state index contributed by atoms with van der Waals surface area (Å²) in [4.78, 5) is 16.9. The zero-order valence-electron chi connectivity index (χ0n) is 16.4. The van der Waals surface area contributed by atoms with E-state index in [9.17, 15) is 18.0 Å². The molecule has 3 aromatic rings. The fraction of sp³-hybridized carbons (Fsp3) is 0.389. The predicted octanol–water partition coefficient (Wildman–Crippen LogP) is 2.30. The number of H-pyrrole nitrogens is 1. The smallest absolute Gasteiger partial charge is 0.378 e. The maximum Gasteiger partial charge on any atom is 0.433 e. The molecular formula is C18H21F3N6O2S. The van der Waals surface area contributed by atoms with Crippen molar-refractivity contribution in [1.29, 1.82) is 0 Å². The van der Waals surface area contributed by atoms with Gasteiger partial charge in [-0.05, 0) is 26.2 Å². The zero-order chi connectivity index (χ0) is 21.7. The molecule has 0 radical (unpaired) electrons. The van der Waals surface area contributed by atoms with E-state index in [2.05, 4.69) is 20.5 Å². The van der Waals surface area contributed by atoms with Crippen LogP contribution >= 0.6 is 11.3 Å². The first kappa shape index (κ1) is 22.0. The van der Waals surface area contributed by atoms with Crippen molar-refractivity contribution in [3.05, 3.63) is 45.9 Å². The highest BCUT2D eigenvalue weighted by atomic mass is 32.1. The molecule has 0 spiro atoms. The first-order chi connectivity index (χ1) is 14.3. The van der Waals surface area contributed by atoms with E-state index in [1.807, 2.05) is 14.1 Å². The van der Waals surface area contributed by atoms with Gasteiger partial charge < -0.3 is 10.1 Å². The number of rotatable bonds is 3. The van der Waals surface area contributed by atoms with Gasteiger partial charge in [-0.15, -0.1) is 0 Å². The Labute approximate surface area is 174 Å². The number of ether oxygens (including phenoxy) is 1. The van der Waals surface area contributed by atoms with E-state index in [0.717, 1.165) is 26.9 Å². The number of halogens is 3. The summed E-state index contributed by atoms with van der Waals surface area (Å²) in [6.45, 7) is 1.78. The van der Waals surface area contributed by atoms with Gasteiger partial charge in [-0.2, -0.15) is 23.0 Å². The van der Waals surface area contributed by atoms with Crippen molar-refractivity contribution < 1.29 is 17.9 Å². The Hall–Kier alpha value is -2.70. The van der Waals surface area contributed by atoms with Gasteiger partial charge in [0.2, 0.25) is 5.13 Å². The van der Waals surface area contributed by atoms with E-state index >= 15 is 0 Å². The summed E-state index contributed by atoms with van der Waals surface area (Å²) in [5, 5.41) is 10.6. The summed E-state index contributed by atoms with van der Waals surface area (Å²) < 4.78 is 47.0. The number of aromatic nitrogens is 3. The normalized spacial score (nSPS) is 14.9. The number of nitrogens with zero attached hydrogens (tertiary/aromatic N) is 4. The maximum atomic E-state index is 13.4. The van der Waals surface area contributed by atoms with Gasteiger partial charge in [0.05, 0.1) is 48.3 Å². The predicted molar refractivity (Wildman–Crippen MR) is 110 cm³/mol. The average molecular weight is 442 g/mol. The van der Waals surface area contributed by atoms with Crippen molar-refractivity contribution in [3.8, 4) is 5.13 Å². The Kier molecular flexibility index (Phi) is 6.90. The minimum absolute atomic E-state index is 0.137.